The van der Waals surface area contributed by atoms with Crippen LogP contribution in [0.5, 0.6) is 0 Å². The van der Waals surface area contributed by atoms with Gasteiger partial charge in [-0.05, 0) is 69.0 Å². The highest BCUT2D eigenvalue weighted by molar-refractivity contribution is 6.37. The van der Waals surface area contributed by atoms with Gasteiger partial charge in [-0.1, -0.05) is 48.7 Å². The van der Waals surface area contributed by atoms with E-state index in [-0.39, 0.29) is 43.2 Å². The van der Waals surface area contributed by atoms with Crippen molar-refractivity contribution >= 4 is 151 Å². The number of aromatic nitrogens is 12. The lowest BCUT2D eigenvalue weighted by Crippen LogP contribution is -2.39. The first-order valence-electron chi connectivity index (χ1n) is 33.9. The third-order valence-corrected chi connectivity index (χ3v) is 19.8. The van der Waals surface area contributed by atoms with Crippen molar-refractivity contribution in [3.63, 3.8) is 0 Å². The Morgan fingerprint density at radius 2 is 0.905 bits per heavy atom. The molecule has 0 aromatic carbocycles. The quantitative estimate of drug-likeness (QED) is 0.0349. The van der Waals surface area contributed by atoms with Crippen molar-refractivity contribution in [1.29, 1.82) is 21.0 Å². The third-order valence-electron chi connectivity index (χ3n) is 18.9. The van der Waals surface area contributed by atoms with E-state index < -0.39 is 19.1 Å². The van der Waals surface area contributed by atoms with Gasteiger partial charge >= 0.3 is 6.18 Å². The summed E-state index contributed by atoms with van der Waals surface area (Å²) in [6, 6.07) is 17.2. The number of rotatable bonds is 15. The van der Waals surface area contributed by atoms with Crippen LogP contribution in [0.4, 0.5) is 49.1 Å². The van der Waals surface area contributed by atoms with E-state index in [1.54, 1.807) is 73.8 Å². The van der Waals surface area contributed by atoms with Crippen LogP contribution in [-0.2, 0) is 4.79 Å². The first-order chi connectivity index (χ1) is 50.7. The number of amides is 1. The van der Waals surface area contributed by atoms with Gasteiger partial charge < -0.3 is 60.8 Å². The van der Waals surface area contributed by atoms with Crippen molar-refractivity contribution in [2.24, 2.45) is 5.92 Å². The molecule has 34 heteroatoms. The van der Waals surface area contributed by atoms with E-state index in [1.165, 1.54) is 0 Å². The lowest BCUT2D eigenvalue weighted by atomic mass is 10.1. The SMILES string of the molecule is CC(C)C(=O)N[C@H]1CCN(c2c(Cl)cnc3[nH]c4cnc(C#N)cc4c23)C1.N#Cc1cc2c(cn1)[nH]c1ncc(Cl)c(N3CC[C@H](NCC(F)F)C3)c12.N#Cc1cc2c(cn1)[nH]c1ncc(Cl)c(N3CC[C@H](NCCCF)C3)c12.N#Cc1cc2c(cn1)[nH]c1nccc(N3CC[C@H](NCC(F)(F)F)C3)c12. The Hall–Kier alpha value is -10.6. The maximum Gasteiger partial charge on any atom is 0.401 e. The summed E-state index contributed by atoms with van der Waals surface area (Å²) in [5, 5.41) is 57.1. The van der Waals surface area contributed by atoms with Gasteiger partial charge in [0.15, 0.2) is 0 Å². The molecule has 0 saturated carbocycles. The molecule has 4 saturated heterocycles. The molecule has 4 fully saturated rings. The van der Waals surface area contributed by atoms with Gasteiger partial charge in [0.2, 0.25) is 5.91 Å². The molecule has 16 heterocycles. The maximum atomic E-state index is 12.4. The van der Waals surface area contributed by atoms with Crippen LogP contribution in [0.15, 0.2) is 79.9 Å². The highest BCUT2D eigenvalue weighted by Gasteiger charge is 2.34. The molecule has 0 bridgehead atoms. The number of halogens is 9. The molecule has 540 valence electrons. The van der Waals surface area contributed by atoms with E-state index in [1.807, 2.05) is 32.1 Å². The Morgan fingerprint density at radius 1 is 0.533 bits per heavy atom. The monoisotopic (exact) mass is 1490 g/mol. The minimum Gasteiger partial charge on any atom is -0.369 e. The van der Waals surface area contributed by atoms with Crippen LogP contribution in [0, 0.1) is 51.2 Å². The fourth-order valence-corrected chi connectivity index (χ4v) is 14.8. The van der Waals surface area contributed by atoms with Crippen LogP contribution in [0.25, 0.3) is 87.7 Å². The van der Waals surface area contributed by atoms with E-state index in [0.717, 1.165) is 132 Å². The number of fused-ring (bicyclic) bond motifs is 12. The van der Waals surface area contributed by atoms with Gasteiger partial charge in [0.1, 0.15) is 69.6 Å². The van der Waals surface area contributed by atoms with E-state index in [2.05, 4.69) is 113 Å². The van der Waals surface area contributed by atoms with Crippen LogP contribution < -0.4 is 40.9 Å². The lowest BCUT2D eigenvalue weighted by Gasteiger charge is -2.21. The number of nitrogens with one attached hydrogen (secondary N) is 8. The Morgan fingerprint density at radius 3 is 1.30 bits per heavy atom. The summed E-state index contributed by atoms with van der Waals surface area (Å²) in [6.45, 7) is 8.38. The average molecular weight is 1490 g/mol. The number of anilines is 4. The fourth-order valence-electron chi connectivity index (χ4n) is 14.0. The predicted molar refractivity (Wildman–Crippen MR) is 392 cm³/mol. The van der Waals surface area contributed by atoms with Gasteiger partial charge in [0.25, 0.3) is 6.43 Å². The third kappa shape index (κ3) is 15.8. The number of hydrogen-bond acceptors (Lipinski definition) is 20. The Kier molecular flexibility index (Phi) is 21.7. The molecule has 4 atom stereocenters. The summed E-state index contributed by atoms with van der Waals surface area (Å²) in [5.74, 6) is 0.0189. The predicted octanol–water partition coefficient (Wildman–Crippen LogP) is 11.9. The molecule has 0 radical (unpaired) electrons. The lowest BCUT2D eigenvalue weighted by molar-refractivity contribution is -0.126. The van der Waals surface area contributed by atoms with Crippen LogP contribution >= 0.6 is 34.8 Å². The van der Waals surface area contributed by atoms with E-state index >= 15 is 0 Å². The van der Waals surface area contributed by atoms with Crippen molar-refractivity contribution in [3.05, 3.63) is 118 Å². The maximum absolute atomic E-state index is 12.4. The first-order valence-corrected chi connectivity index (χ1v) is 35.0. The molecule has 0 unspecified atom stereocenters. The summed E-state index contributed by atoms with van der Waals surface area (Å²) < 4.78 is 74.5. The second-order valence-electron chi connectivity index (χ2n) is 26.2. The van der Waals surface area contributed by atoms with Gasteiger partial charge in [-0.25, -0.2) is 48.7 Å². The van der Waals surface area contributed by atoms with Gasteiger partial charge in [0, 0.05) is 116 Å². The van der Waals surface area contributed by atoms with Crippen molar-refractivity contribution < 1.29 is 31.1 Å². The summed E-state index contributed by atoms with van der Waals surface area (Å²) in [7, 11) is 0. The number of nitrogens with zero attached hydrogens (tertiary/aromatic N) is 16. The highest BCUT2D eigenvalue weighted by Crippen LogP contribution is 2.43. The number of H-pyrrole nitrogens is 4. The zero-order valence-electron chi connectivity index (χ0n) is 56.5. The topological polar surface area (TPSA) is 340 Å². The van der Waals surface area contributed by atoms with E-state index in [4.69, 9.17) is 50.6 Å². The van der Waals surface area contributed by atoms with E-state index in [9.17, 15) is 36.4 Å². The molecule has 12 aromatic rings. The summed E-state index contributed by atoms with van der Waals surface area (Å²) in [5.41, 5.74) is 10.7. The van der Waals surface area contributed by atoms with Gasteiger partial charge in [-0.15, -0.1) is 0 Å². The minimum atomic E-state index is -4.21. The van der Waals surface area contributed by atoms with Crippen LogP contribution in [-0.4, -0.2) is 181 Å². The van der Waals surface area contributed by atoms with Crippen LogP contribution in [0.3, 0.4) is 0 Å². The number of aromatic amines is 4. The normalized spacial score (nSPS) is 17.4. The van der Waals surface area contributed by atoms with Crippen LogP contribution in [0.1, 0.15) is 68.7 Å². The molecular formula is C71H67Cl3F6N24O. The van der Waals surface area contributed by atoms with Gasteiger partial charge in [0.05, 0.1) is 139 Å². The molecule has 25 nitrogen and oxygen atoms in total. The average Bonchev–Trinajstić information content (AvgIpc) is 1.62. The molecule has 12 aromatic heterocycles. The molecule has 0 spiro atoms. The molecule has 16 rings (SSSR count). The van der Waals surface area contributed by atoms with Crippen molar-refractivity contribution in [2.75, 3.05) is 98.3 Å². The number of nitriles is 4. The number of carbonyl (C=O) groups is 1. The highest BCUT2D eigenvalue weighted by atomic mass is 35.5. The molecule has 8 N–H and O–H groups in total. The zero-order chi connectivity index (χ0) is 73.8. The molecule has 105 heavy (non-hydrogen) atoms. The molecule has 1 amide bonds. The Balaban J connectivity index is 0.000000124. The molecule has 4 aliphatic rings. The molecule has 0 aliphatic carbocycles. The Labute approximate surface area is 610 Å². The summed E-state index contributed by atoms with van der Waals surface area (Å²) >= 11 is 19.5. The number of carbonyl (C=O) groups excluding carboxylic acids is 1. The fraction of sp³-hybridized carbons (Fsp3) is 0.366. The minimum absolute atomic E-state index is 0.0233. The number of hydrogen-bond donors (Lipinski definition) is 8. The number of alkyl halides is 6. The van der Waals surface area contributed by atoms with Crippen molar-refractivity contribution in [3.8, 4) is 24.3 Å². The zero-order valence-corrected chi connectivity index (χ0v) is 58.7. The summed E-state index contributed by atoms with van der Waals surface area (Å²) in [4.78, 5) is 67.3. The standard InChI is InChI=1S/C19H19ClN6O.C18H18ClFN6.C17H15ClF2N6.C17H15F3N6/c1-10(2)19(27)24-11-3-4-26(9-11)17-14(20)7-23-18-16(17)13-5-12(6-21)22-8-15(13)25-18;19-14-8-24-18-16(13-6-12(7-21)23-9-15(13)25-18)17(14)26-5-2-11(10-26)22-4-1-3-20;18-12-5-24-17-15(11-3-10(4-21)22-6-13(11)25-17)16(12)26-2-1-9(8-26)23-7-14(19)20;18-17(19,20)9-24-10-2-4-26(8-10)14-1-3-22-16-15(14)12-5-11(6-21)23-7-13(12)25-16/h5,7-8,10-11H,3-4,9H2,1-2H3,(H,23,25)(H,24,27);6,8-9,11,22H,1-5,10H2,(H,24,25);3,5-6,9,14,23H,1-2,7-8H2,(H,24,25);1,3,5,7,10,24H,2,4,8-9H2,(H,22,25)/t2*11-;9-;10-/m0000/s1. The van der Waals surface area contributed by atoms with E-state index in [0.29, 0.717) is 113 Å². The summed E-state index contributed by atoms with van der Waals surface area (Å²) in [6.07, 6.45) is 10.2. The number of pyridine rings is 8. The van der Waals surface area contributed by atoms with Gasteiger partial charge in [-0.3, -0.25) is 9.18 Å². The van der Waals surface area contributed by atoms with Crippen molar-refractivity contribution in [1.82, 2.24) is 81.1 Å². The molecular weight excluding hydrogens is 1430 g/mol. The van der Waals surface area contributed by atoms with Crippen molar-refractivity contribution in [2.45, 2.75) is 82.7 Å². The second-order valence-corrected chi connectivity index (χ2v) is 27.4. The largest absolute Gasteiger partial charge is 0.401 e. The second kappa shape index (κ2) is 31.4. The smallest absolute Gasteiger partial charge is 0.369 e. The first kappa shape index (κ1) is 72.7. The Bertz CT molecular complexity index is 5430. The van der Waals surface area contributed by atoms with Crippen LogP contribution in [0.2, 0.25) is 15.1 Å². The van der Waals surface area contributed by atoms with Gasteiger partial charge in [-0.2, -0.15) is 34.2 Å². The molecule has 4 aliphatic heterocycles.